The monoisotopic (exact) mass is 254 g/mol. The van der Waals surface area contributed by atoms with Gasteiger partial charge < -0.3 is 11.1 Å². The Kier molecular flexibility index (Phi) is 6.67. The minimum Gasteiger partial charge on any atom is -0.356 e. The number of benzene rings is 1. The van der Waals surface area contributed by atoms with Crippen molar-refractivity contribution in [2.24, 2.45) is 5.73 Å². The predicted octanol–water partition coefficient (Wildman–Crippen LogP) is 2.13. The molecule has 3 N–H and O–H groups in total. The van der Waals surface area contributed by atoms with Crippen molar-refractivity contribution >= 4 is 17.5 Å². The molecule has 1 rings (SSSR count). The van der Waals surface area contributed by atoms with Crippen LogP contribution in [-0.4, -0.2) is 19.0 Å². The first-order valence-electron chi connectivity index (χ1n) is 5.93. The van der Waals surface area contributed by atoms with E-state index in [9.17, 15) is 4.79 Å². The summed E-state index contributed by atoms with van der Waals surface area (Å²) in [5.41, 5.74) is 6.50. The molecule has 0 atom stereocenters. The van der Waals surface area contributed by atoms with E-state index < -0.39 is 0 Å². The van der Waals surface area contributed by atoms with Gasteiger partial charge in [0.25, 0.3) is 0 Å². The second-order valence-electron chi connectivity index (χ2n) is 3.98. The first kappa shape index (κ1) is 14.0. The van der Waals surface area contributed by atoms with E-state index in [2.05, 4.69) is 5.32 Å². The molecular weight excluding hydrogens is 236 g/mol. The summed E-state index contributed by atoms with van der Waals surface area (Å²) in [6, 6.07) is 7.69. The molecule has 1 aromatic rings. The fourth-order valence-electron chi connectivity index (χ4n) is 1.56. The molecule has 0 radical (unpaired) electrons. The van der Waals surface area contributed by atoms with E-state index in [4.69, 9.17) is 17.3 Å². The van der Waals surface area contributed by atoms with Crippen molar-refractivity contribution in [1.29, 1.82) is 0 Å². The van der Waals surface area contributed by atoms with Gasteiger partial charge in [0.15, 0.2) is 0 Å². The zero-order chi connectivity index (χ0) is 12.5. The number of nitrogens with one attached hydrogen (secondary N) is 1. The van der Waals surface area contributed by atoms with E-state index in [0.29, 0.717) is 19.5 Å². The molecule has 0 saturated heterocycles. The van der Waals surface area contributed by atoms with E-state index in [0.717, 1.165) is 29.8 Å². The smallest absolute Gasteiger partial charge is 0.220 e. The van der Waals surface area contributed by atoms with Gasteiger partial charge in [0, 0.05) is 18.0 Å². The molecule has 1 aromatic carbocycles. The van der Waals surface area contributed by atoms with Gasteiger partial charge in [-0.3, -0.25) is 4.79 Å². The number of unbranched alkanes of at least 4 members (excludes halogenated alkanes) is 1. The van der Waals surface area contributed by atoms with E-state index in [1.54, 1.807) is 0 Å². The van der Waals surface area contributed by atoms with Gasteiger partial charge in [0.2, 0.25) is 5.91 Å². The quantitative estimate of drug-likeness (QED) is 0.733. The second kappa shape index (κ2) is 8.09. The molecule has 0 aliphatic carbocycles. The lowest BCUT2D eigenvalue weighted by Gasteiger charge is -2.05. The van der Waals surface area contributed by atoms with E-state index in [-0.39, 0.29) is 5.91 Å². The Labute approximate surface area is 107 Å². The van der Waals surface area contributed by atoms with Crippen LogP contribution in [0.25, 0.3) is 0 Å². The highest BCUT2D eigenvalue weighted by molar-refractivity contribution is 6.30. The Hall–Kier alpha value is -1.06. The number of amides is 1. The van der Waals surface area contributed by atoms with Crippen molar-refractivity contribution in [1.82, 2.24) is 5.32 Å². The molecule has 0 fully saturated rings. The van der Waals surface area contributed by atoms with Gasteiger partial charge in [-0.25, -0.2) is 0 Å². The summed E-state index contributed by atoms with van der Waals surface area (Å²) in [5.74, 6) is 0.0977. The number of halogens is 1. The van der Waals surface area contributed by atoms with Crippen LogP contribution >= 0.6 is 11.6 Å². The van der Waals surface area contributed by atoms with Crippen molar-refractivity contribution in [2.75, 3.05) is 13.1 Å². The highest BCUT2D eigenvalue weighted by atomic mass is 35.5. The van der Waals surface area contributed by atoms with Crippen molar-refractivity contribution in [3.05, 3.63) is 34.9 Å². The van der Waals surface area contributed by atoms with Crippen molar-refractivity contribution in [3.63, 3.8) is 0 Å². The molecule has 0 spiro atoms. The van der Waals surface area contributed by atoms with Crippen LogP contribution in [0.2, 0.25) is 5.02 Å². The molecule has 0 aliphatic rings. The number of hydrogen-bond donors (Lipinski definition) is 2. The maximum Gasteiger partial charge on any atom is 0.220 e. The molecule has 0 aliphatic heterocycles. The number of hydrogen-bond acceptors (Lipinski definition) is 2. The molecule has 0 aromatic heterocycles. The summed E-state index contributed by atoms with van der Waals surface area (Å²) in [6.45, 7) is 1.30. The number of carbonyl (C=O) groups excluding carboxylic acids is 1. The second-order valence-corrected chi connectivity index (χ2v) is 4.41. The zero-order valence-electron chi connectivity index (χ0n) is 9.92. The Morgan fingerprint density at radius 3 is 2.88 bits per heavy atom. The lowest BCUT2D eigenvalue weighted by molar-refractivity contribution is -0.121. The van der Waals surface area contributed by atoms with Gasteiger partial charge in [-0.15, -0.1) is 0 Å². The summed E-state index contributed by atoms with van der Waals surface area (Å²) >= 11 is 5.87. The standard InChI is InChI=1S/C13H19ClN2O/c14-12-5-3-4-11(10-12)7-9-16-13(17)6-1-2-8-15/h3-5,10H,1-2,6-9,15H2,(H,16,17). The van der Waals surface area contributed by atoms with Crippen LogP contribution in [0.5, 0.6) is 0 Å². The van der Waals surface area contributed by atoms with E-state index in [1.807, 2.05) is 24.3 Å². The Balaban J connectivity index is 2.17. The average Bonchev–Trinajstić information content (AvgIpc) is 2.29. The van der Waals surface area contributed by atoms with Crippen LogP contribution in [-0.2, 0) is 11.2 Å². The van der Waals surface area contributed by atoms with E-state index >= 15 is 0 Å². The Bertz CT molecular complexity index is 355. The fourth-order valence-corrected chi connectivity index (χ4v) is 1.77. The largest absolute Gasteiger partial charge is 0.356 e. The molecular formula is C13H19ClN2O. The third kappa shape index (κ3) is 6.29. The predicted molar refractivity (Wildman–Crippen MR) is 71.1 cm³/mol. The first-order chi connectivity index (χ1) is 8.22. The zero-order valence-corrected chi connectivity index (χ0v) is 10.7. The number of rotatable bonds is 7. The van der Waals surface area contributed by atoms with E-state index in [1.165, 1.54) is 0 Å². The van der Waals surface area contributed by atoms with Crippen molar-refractivity contribution < 1.29 is 4.79 Å². The first-order valence-corrected chi connectivity index (χ1v) is 6.31. The summed E-state index contributed by atoms with van der Waals surface area (Å²) in [4.78, 5) is 11.4. The number of carbonyl (C=O) groups is 1. The highest BCUT2D eigenvalue weighted by Gasteiger charge is 2.00. The third-order valence-electron chi connectivity index (χ3n) is 2.48. The highest BCUT2D eigenvalue weighted by Crippen LogP contribution is 2.10. The summed E-state index contributed by atoms with van der Waals surface area (Å²) in [6.07, 6.45) is 3.14. The van der Waals surface area contributed by atoms with Crippen molar-refractivity contribution in [3.8, 4) is 0 Å². The molecule has 0 bridgehead atoms. The maximum atomic E-state index is 11.4. The SMILES string of the molecule is NCCCCC(=O)NCCc1cccc(Cl)c1. The van der Waals surface area contributed by atoms with Gasteiger partial charge in [-0.05, 0) is 43.5 Å². The van der Waals surface area contributed by atoms with Gasteiger partial charge >= 0.3 is 0 Å². The number of nitrogens with two attached hydrogens (primary N) is 1. The maximum absolute atomic E-state index is 11.4. The van der Waals surface area contributed by atoms with Crippen LogP contribution in [0.1, 0.15) is 24.8 Å². The fraction of sp³-hybridized carbons (Fsp3) is 0.462. The molecule has 1 amide bonds. The molecule has 0 heterocycles. The van der Waals surface area contributed by atoms with Gasteiger partial charge in [0.1, 0.15) is 0 Å². The molecule has 17 heavy (non-hydrogen) atoms. The van der Waals surface area contributed by atoms with Crippen LogP contribution < -0.4 is 11.1 Å². The Morgan fingerprint density at radius 1 is 1.35 bits per heavy atom. The topological polar surface area (TPSA) is 55.1 Å². The summed E-state index contributed by atoms with van der Waals surface area (Å²) < 4.78 is 0. The van der Waals surface area contributed by atoms with Crippen LogP contribution in [0.3, 0.4) is 0 Å². The lowest BCUT2D eigenvalue weighted by Crippen LogP contribution is -2.25. The lowest BCUT2D eigenvalue weighted by atomic mass is 10.1. The summed E-state index contributed by atoms with van der Waals surface area (Å²) in [5, 5.41) is 3.62. The van der Waals surface area contributed by atoms with Crippen LogP contribution in [0.4, 0.5) is 0 Å². The molecule has 4 heteroatoms. The van der Waals surface area contributed by atoms with Gasteiger partial charge in [0.05, 0.1) is 0 Å². The van der Waals surface area contributed by atoms with Crippen molar-refractivity contribution in [2.45, 2.75) is 25.7 Å². The minimum atomic E-state index is 0.0977. The summed E-state index contributed by atoms with van der Waals surface area (Å²) in [7, 11) is 0. The molecule has 3 nitrogen and oxygen atoms in total. The average molecular weight is 255 g/mol. The molecule has 0 saturated carbocycles. The molecule has 94 valence electrons. The van der Waals surface area contributed by atoms with Gasteiger partial charge in [-0.1, -0.05) is 23.7 Å². The van der Waals surface area contributed by atoms with Crippen LogP contribution in [0, 0.1) is 0 Å². The van der Waals surface area contributed by atoms with Gasteiger partial charge in [-0.2, -0.15) is 0 Å². The Morgan fingerprint density at radius 2 is 2.18 bits per heavy atom. The van der Waals surface area contributed by atoms with Crippen LogP contribution in [0.15, 0.2) is 24.3 Å². The minimum absolute atomic E-state index is 0.0977. The third-order valence-corrected chi connectivity index (χ3v) is 2.72. The normalized spacial score (nSPS) is 10.2. The molecule has 0 unspecified atom stereocenters.